The van der Waals surface area contributed by atoms with Gasteiger partial charge in [-0.15, -0.1) is 0 Å². The number of anilines is 1. The smallest absolute Gasteiger partial charge is 0.265 e. The summed E-state index contributed by atoms with van der Waals surface area (Å²) >= 11 is 0. The number of rotatable bonds is 5. The molecule has 0 spiro atoms. The topological polar surface area (TPSA) is 108 Å². The summed E-state index contributed by atoms with van der Waals surface area (Å²) in [5, 5.41) is 15.7. The number of fused-ring (bicyclic) bond motifs is 1. The lowest BCUT2D eigenvalue weighted by Crippen LogP contribution is -2.57. The van der Waals surface area contributed by atoms with Crippen molar-refractivity contribution in [3.05, 3.63) is 59.7 Å². The Morgan fingerprint density at radius 2 is 1.59 bits per heavy atom. The zero-order valence-corrected chi connectivity index (χ0v) is 16.8. The van der Waals surface area contributed by atoms with Gasteiger partial charge in [-0.25, -0.2) is 13.9 Å². The predicted molar refractivity (Wildman–Crippen MR) is 110 cm³/mol. The maximum absolute atomic E-state index is 13.3. The quantitative estimate of drug-likeness (QED) is 0.437. The fourth-order valence-corrected chi connectivity index (χ4v) is 6.38. The van der Waals surface area contributed by atoms with E-state index in [-0.39, 0.29) is 23.8 Å². The van der Waals surface area contributed by atoms with Crippen molar-refractivity contribution >= 4 is 21.4 Å². The average Bonchev–Trinajstić information content (AvgIpc) is 3.16. The van der Waals surface area contributed by atoms with E-state index in [1.54, 1.807) is 17.6 Å². The van der Waals surface area contributed by atoms with Crippen LogP contribution in [0.1, 0.15) is 24.0 Å². The Hall–Kier alpha value is -2.42. The van der Waals surface area contributed by atoms with Gasteiger partial charge in [0.2, 0.25) is 0 Å². The van der Waals surface area contributed by atoms with Crippen LogP contribution in [0.2, 0.25) is 0 Å². The molecule has 0 unspecified atom stereocenters. The molecular weight excluding hydrogens is 390 g/mol. The molecular formula is C21H25N3O4S. The number of hydrogen-bond donors (Lipinski definition) is 4. The van der Waals surface area contributed by atoms with E-state index in [0.717, 1.165) is 18.5 Å². The zero-order chi connectivity index (χ0) is 20.5. The molecule has 0 bridgehead atoms. The normalized spacial score (nSPS) is 18.8. The van der Waals surface area contributed by atoms with E-state index in [9.17, 15) is 13.2 Å². The Morgan fingerprint density at radius 3 is 2.14 bits per heavy atom. The average molecular weight is 416 g/mol. The van der Waals surface area contributed by atoms with E-state index in [1.165, 1.54) is 23.3 Å². The number of hydroxylamine groups is 1. The van der Waals surface area contributed by atoms with Crippen LogP contribution >= 0.6 is 0 Å². The van der Waals surface area contributed by atoms with Crippen LogP contribution < -0.4 is 16.1 Å². The van der Waals surface area contributed by atoms with Gasteiger partial charge in [0, 0.05) is 11.7 Å². The summed E-state index contributed by atoms with van der Waals surface area (Å²) in [4.78, 5) is 12.4. The number of nitrogens with one attached hydrogen (secondary N) is 3. The van der Waals surface area contributed by atoms with Crippen molar-refractivity contribution in [2.45, 2.75) is 41.4 Å². The molecule has 0 atom stereocenters. The van der Waals surface area contributed by atoms with Crippen LogP contribution in [0.3, 0.4) is 0 Å². The lowest BCUT2D eigenvalue weighted by atomic mass is 9.96. The first kappa shape index (κ1) is 19.9. The van der Waals surface area contributed by atoms with Crippen molar-refractivity contribution in [3.8, 4) is 0 Å². The lowest BCUT2D eigenvalue weighted by Gasteiger charge is -2.34. The molecule has 1 aliphatic heterocycles. The molecule has 2 aromatic rings. The second kappa shape index (κ2) is 7.78. The number of piperidine rings is 1. The summed E-state index contributed by atoms with van der Waals surface area (Å²) in [6.07, 6.45) is 2.09. The Balaban J connectivity index is 1.53. The van der Waals surface area contributed by atoms with Gasteiger partial charge in [0.05, 0.1) is 4.90 Å². The third-order valence-corrected chi connectivity index (χ3v) is 8.54. The number of benzene rings is 2. The minimum Gasteiger partial charge on any atom is -0.382 e. The summed E-state index contributed by atoms with van der Waals surface area (Å²) in [6, 6.07) is 15.2. The number of sulfone groups is 1. The minimum absolute atomic E-state index is 0.0864. The number of hydrogen-bond acceptors (Lipinski definition) is 6. The van der Waals surface area contributed by atoms with Gasteiger partial charge in [0.15, 0.2) is 14.6 Å². The van der Waals surface area contributed by atoms with Gasteiger partial charge < -0.3 is 10.6 Å². The second-order valence-electron chi connectivity index (χ2n) is 7.73. The van der Waals surface area contributed by atoms with Gasteiger partial charge >= 0.3 is 0 Å². The van der Waals surface area contributed by atoms with Crippen LogP contribution in [0.4, 0.5) is 5.69 Å². The molecule has 154 valence electrons. The molecule has 2 aromatic carbocycles. The number of carbonyl (C=O) groups excluding carboxylic acids is 1. The molecule has 4 N–H and O–H groups in total. The third-order valence-electron chi connectivity index (χ3n) is 6.03. The largest absolute Gasteiger partial charge is 0.382 e. The standard InChI is InChI=1S/C21H25N3O4S/c25-20(24-26)21(9-11-22-12-10-21)29(27,28)19-7-5-17(6-8-19)23-18-13-15-3-1-2-4-16(15)14-18/h1-8,18,22-23,26H,9-14H2,(H,24,25). The minimum atomic E-state index is -3.96. The van der Waals surface area contributed by atoms with Crippen LogP contribution in [0.25, 0.3) is 0 Å². The molecule has 4 rings (SSSR count). The number of amides is 1. The van der Waals surface area contributed by atoms with Gasteiger partial charge in [-0.05, 0) is 74.2 Å². The highest BCUT2D eigenvalue weighted by Gasteiger charge is 2.51. The summed E-state index contributed by atoms with van der Waals surface area (Å²) < 4.78 is 24.9. The first-order chi connectivity index (χ1) is 14.0. The van der Waals surface area contributed by atoms with Crippen LogP contribution in [-0.4, -0.2) is 43.4 Å². The summed E-state index contributed by atoms with van der Waals surface area (Å²) in [5.74, 6) is -0.870. The molecule has 29 heavy (non-hydrogen) atoms. The molecule has 1 saturated heterocycles. The Kier molecular flexibility index (Phi) is 5.33. The summed E-state index contributed by atoms with van der Waals surface area (Å²) in [6.45, 7) is 0.795. The molecule has 1 aliphatic carbocycles. The van der Waals surface area contributed by atoms with E-state index in [4.69, 9.17) is 5.21 Å². The van der Waals surface area contributed by atoms with Crippen molar-refractivity contribution in [3.63, 3.8) is 0 Å². The van der Waals surface area contributed by atoms with Gasteiger partial charge in [0.1, 0.15) is 0 Å². The second-order valence-corrected chi connectivity index (χ2v) is 9.99. The SMILES string of the molecule is O=C(NO)C1(S(=O)(=O)c2ccc(NC3Cc4ccccc4C3)cc2)CCNCC1. The maximum atomic E-state index is 13.3. The highest BCUT2D eigenvalue weighted by molar-refractivity contribution is 7.93. The molecule has 1 amide bonds. The molecule has 8 heteroatoms. The third kappa shape index (κ3) is 3.52. The zero-order valence-electron chi connectivity index (χ0n) is 16.0. The first-order valence-electron chi connectivity index (χ1n) is 9.79. The van der Waals surface area contributed by atoms with Crippen LogP contribution in [0.5, 0.6) is 0 Å². The van der Waals surface area contributed by atoms with Gasteiger partial charge in [-0.2, -0.15) is 0 Å². The molecule has 0 saturated carbocycles. The molecule has 7 nitrogen and oxygen atoms in total. The van der Waals surface area contributed by atoms with Crippen LogP contribution in [0, 0.1) is 0 Å². The van der Waals surface area contributed by atoms with Crippen molar-refractivity contribution in [1.29, 1.82) is 0 Å². The van der Waals surface area contributed by atoms with Gasteiger partial charge in [-0.3, -0.25) is 10.0 Å². The van der Waals surface area contributed by atoms with Gasteiger partial charge in [-0.1, -0.05) is 24.3 Å². The Bertz CT molecular complexity index is 974. The van der Waals surface area contributed by atoms with Crippen molar-refractivity contribution < 1.29 is 18.4 Å². The van der Waals surface area contributed by atoms with E-state index in [0.29, 0.717) is 13.1 Å². The molecule has 1 heterocycles. The van der Waals surface area contributed by atoms with E-state index >= 15 is 0 Å². The van der Waals surface area contributed by atoms with E-state index in [1.807, 2.05) is 12.1 Å². The Labute approximate surface area is 170 Å². The fourth-order valence-electron chi connectivity index (χ4n) is 4.40. The summed E-state index contributed by atoms with van der Waals surface area (Å²) in [5.41, 5.74) is 5.08. The number of carbonyl (C=O) groups is 1. The molecule has 0 radical (unpaired) electrons. The monoisotopic (exact) mass is 415 g/mol. The van der Waals surface area contributed by atoms with Crippen molar-refractivity contribution in [2.75, 3.05) is 18.4 Å². The predicted octanol–water partition coefficient (Wildman–Crippen LogP) is 1.67. The Morgan fingerprint density at radius 1 is 1.00 bits per heavy atom. The molecule has 1 fully saturated rings. The highest BCUT2D eigenvalue weighted by atomic mass is 32.2. The lowest BCUT2D eigenvalue weighted by molar-refractivity contribution is -0.132. The van der Waals surface area contributed by atoms with E-state index in [2.05, 4.69) is 22.8 Å². The highest BCUT2D eigenvalue weighted by Crippen LogP contribution is 2.35. The van der Waals surface area contributed by atoms with Crippen molar-refractivity contribution in [1.82, 2.24) is 10.8 Å². The maximum Gasteiger partial charge on any atom is 0.265 e. The molecule has 0 aromatic heterocycles. The molecule has 2 aliphatic rings. The summed E-state index contributed by atoms with van der Waals surface area (Å²) in [7, 11) is -3.96. The van der Waals surface area contributed by atoms with Gasteiger partial charge in [0.25, 0.3) is 5.91 Å². The van der Waals surface area contributed by atoms with Crippen molar-refractivity contribution in [2.24, 2.45) is 0 Å². The first-order valence-corrected chi connectivity index (χ1v) is 11.3. The fraction of sp³-hybridized carbons (Fsp3) is 0.381. The van der Waals surface area contributed by atoms with Crippen LogP contribution in [0.15, 0.2) is 53.4 Å². The van der Waals surface area contributed by atoms with E-state index < -0.39 is 20.5 Å². The van der Waals surface area contributed by atoms with Crippen LogP contribution in [-0.2, 0) is 27.5 Å².